The summed E-state index contributed by atoms with van der Waals surface area (Å²) in [5.41, 5.74) is 0.700. The summed E-state index contributed by atoms with van der Waals surface area (Å²) in [5, 5.41) is 0. The van der Waals surface area contributed by atoms with Gasteiger partial charge in [-0.25, -0.2) is 9.59 Å². The molecule has 0 aliphatic rings. The summed E-state index contributed by atoms with van der Waals surface area (Å²) < 4.78 is 16.3. The first-order chi connectivity index (χ1) is 12.9. The fourth-order valence-electron chi connectivity index (χ4n) is 2.66. The molecule has 0 saturated carbocycles. The Balaban J connectivity index is 6.71. The molecule has 0 aromatic carbocycles. The van der Waals surface area contributed by atoms with Gasteiger partial charge in [-0.1, -0.05) is 0 Å². The largest absolute Gasteiger partial charge is 0.479 e. The third-order valence-electron chi connectivity index (χ3n) is 3.93. The zero-order chi connectivity index (χ0) is 20.8. The Hall–Kier alpha value is -2.18. The molecular formula is C20H36N2O5. The van der Waals surface area contributed by atoms with Crippen molar-refractivity contribution < 1.29 is 23.8 Å². The number of esters is 2. The van der Waals surface area contributed by atoms with E-state index in [0.717, 1.165) is 0 Å². The topological polar surface area (TPSA) is 68.3 Å². The fourth-order valence-corrected chi connectivity index (χ4v) is 2.66. The van der Waals surface area contributed by atoms with Crippen molar-refractivity contribution in [1.82, 2.24) is 9.80 Å². The van der Waals surface area contributed by atoms with E-state index in [1.807, 2.05) is 44.4 Å². The molecule has 0 aliphatic heterocycles. The Morgan fingerprint density at radius 2 is 1.19 bits per heavy atom. The minimum Gasteiger partial charge on any atom is -0.479 e. The van der Waals surface area contributed by atoms with Crippen LogP contribution >= 0.6 is 0 Å². The Morgan fingerprint density at radius 3 is 1.59 bits per heavy atom. The molecule has 0 N–H and O–H groups in total. The van der Waals surface area contributed by atoms with Crippen molar-refractivity contribution in [2.75, 3.05) is 46.0 Å². The van der Waals surface area contributed by atoms with Crippen molar-refractivity contribution in [3.63, 3.8) is 0 Å². The second-order valence-corrected chi connectivity index (χ2v) is 5.46. The van der Waals surface area contributed by atoms with E-state index in [-0.39, 0.29) is 18.8 Å². The molecule has 0 unspecified atom stereocenters. The quantitative estimate of drug-likeness (QED) is 0.209. The van der Waals surface area contributed by atoms with E-state index in [0.29, 0.717) is 44.4 Å². The predicted molar refractivity (Wildman–Crippen MR) is 106 cm³/mol. The minimum absolute atomic E-state index is 0.227. The lowest BCUT2D eigenvalue weighted by Crippen LogP contribution is -2.33. The summed E-state index contributed by atoms with van der Waals surface area (Å²) in [6.45, 7) is 16.6. The minimum atomic E-state index is -0.518. The van der Waals surface area contributed by atoms with Crippen LogP contribution in [0.15, 0.2) is 23.2 Å². The summed E-state index contributed by atoms with van der Waals surface area (Å²) in [6.07, 6.45) is 1.35. The van der Waals surface area contributed by atoms with Gasteiger partial charge in [-0.2, -0.15) is 0 Å². The first-order valence-corrected chi connectivity index (χ1v) is 9.88. The number of ether oxygens (including phenoxy) is 3. The van der Waals surface area contributed by atoms with E-state index in [1.165, 1.54) is 6.08 Å². The lowest BCUT2D eigenvalue weighted by atomic mass is 10.1. The van der Waals surface area contributed by atoms with Gasteiger partial charge in [0.05, 0.1) is 25.5 Å². The summed E-state index contributed by atoms with van der Waals surface area (Å²) in [6, 6.07) is 0. The average molecular weight is 385 g/mol. The van der Waals surface area contributed by atoms with Crippen molar-refractivity contribution >= 4 is 11.9 Å². The molecule has 0 radical (unpaired) electrons. The number of nitrogens with zero attached hydrogens (tertiary/aromatic N) is 2. The Kier molecular flexibility index (Phi) is 12.8. The van der Waals surface area contributed by atoms with Crippen LogP contribution in [-0.4, -0.2) is 67.7 Å². The zero-order valence-corrected chi connectivity index (χ0v) is 18.0. The van der Waals surface area contributed by atoms with E-state index in [9.17, 15) is 9.59 Å². The van der Waals surface area contributed by atoms with Crippen LogP contribution < -0.4 is 0 Å². The van der Waals surface area contributed by atoms with Crippen LogP contribution in [0.5, 0.6) is 0 Å². The van der Waals surface area contributed by atoms with Gasteiger partial charge in [0, 0.05) is 32.3 Å². The molecule has 0 amide bonds. The van der Waals surface area contributed by atoms with Crippen molar-refractivity contribution in [1.29, 1.82) is 0 Å². The van der Waals surface area contributed by atoms with Gasteiger partial charge >= 0.3 is 11.9 Å². The molecule has 7 heteroatoms. The van der Waals surface area contributed by atoms with E-state index < -0.39 is 11.9 Å². The van der Waals surface area contributed by atoms with Crippen molar-refractivity contribution in [2.45, 2.75) is 48.5 Å². The van der Waals surface area contributed by atoms with E-state index in [1.54, 1.807) is 13.8 Å². The molecule has 0 saturated heterocycles. The Morgan fingerprint density at radius 1 is 0.704 bits per heavy atom. The molecule has 0 heterocycles. The number of hydrogen-bond donors (Lipinski definition) is 0. The fraction of sp³-hybridized carbons (Fsp3) is 0.700. The molecule has 0 aliphatic carbocycles. The second-order valence-electron chi connectivity index (χ2n) is 5.46. The smallest absolute Gasteiger partial charge is 0.345 e. The average Bonchev–Trinajstić information content (AvgIpc) is 2.64. The zero-order valence-electron chi connectivity index (χ0n) is 18.0. The maximum Gasteiger partial charge on any atom is 0.345 e. The van der Waals surface area contributed by atoms with Gasteiger partial charge < -0.3 is 24.0 Å². The van der Waals surface area contributed by atoms with E-state index in [2.05, 4.69) is 0 Å². The molecule has 7 nitrogen and oxygen atoms in total. The van der Waals surface area contributed by atoms with Gasteiger partial charge in [0.25, 0.3) is 0 Å². The highest BCUT2D eigenvalue weighted by Gasteiger charge is 2.29. The maximum absolute atomic E-state index is 12.9. The van der Waals surface area contributed by atoms with Crippen LogP contribution in [0, 0.1) is 0 Å². The van der Waals surface area contributed by atoms with E-state index in [4.69, 9.17) is 14.2 Å². The second kappa shape index (κ2) is 13.9. The number of hydrogen-bond acceptors (Lipinski definition) is 7. The number of likely N-dealkylation sites (N-methyl/N-ethyl adjacent to an activating group) is 1. The summed E-state index contributed by atoms with van der Waals surface area (Å²) in [5.74, 6) is -0.602. The van der Waals surface area contributed by atoms with Gasteiger partial charge in [-0.05, 0) is 48.5 Å². The van der Waals surface area contributed by atoms with Gasteiger partial charge in [0.2, 0.25) is 5.88 Å². The van der Waals surface area contributed by atoms with Crippen LogP contribution in [0.25, 0.3) is 0 Å². The monoisotopic (exact) mass is 384 g/mol. The van der Waals surface area contributed by atoms with Crippen LogP contribution in [-0.2, 0) is 23.8 Å². The molecule has 0 aromatic heterocycles. The van der Waals surface area contributed by atoms with Crippen molar-refractivity contribution in [3.8, 4) is 0 Å². The number of rotatable bonds is 13. The lowest BCUT2D eigenvalue weighted by Gasteiger charge is -2.31. The summed E-state index contributed by atoms with van der Waals surface area (Å²) >= 11 is 0. The van der Waals surface area contributed by atoms with Crippen molar-refractivity contribution in [2.24, 2.45) is 0 Å². The van der Waals surface area contributed by atoms with Crippen LogP contribution in [0.1, 0.15) is 48.5 Å². The van der Waals surface area contributed by atoms with Crippen LogP contribution in [0.3, 0.4) is 0 Å². The number of carbonyl (C=O) groups excluding carboxylic acids is 2. The predicted octanol–water partition coefficient (Wildman–Crippen LogP) is 2.93. The maximum atomic E-state index is 12.9. The lowest BCUT2D eigenvalue weighted by molar-refractivity contribution is -0.138. The Bertz CT molecular complexity index is 520. The SMILES string of the molecule is CCOC(=O)/C=C(\C(C(=O)OCC)=C(\OCC)N(CC)CC)N(CC)CC. The van der Waals surface area contributed by atoms with Gasteiger partial charge in [0.1, 0.15) is 5.57 Å². The van der Waals surface area contributed by atoms with Gasteiger partial charge in [-0.15, -0.1) is 0 Å². The number of carbonyl (C=O) groups is 2. The van der Waals surface area contributed by atoms with Crippen molar-refractivity contribution in [3.05, 3.63) is 23.2 Å². The summed E-state index contributed by atoms with van der Waals surface area (Å²) in [4.78, 5) is 29.0. The van der Waals surface area contributed by atoms with E-state index >= 15 is 0 Å². The van der Waals surface area contributed by atoms with Crippen LogP contribution in [0.2, 0.25) is 0 Å². The highest BCUT2D eigenvalue weighted by atomic mass is 16.5. The highest BCUT2D eigenvalue weighted by Crippen LogP contribution is 2.24. The normalized spacial score (nSPS) is 12.2. The molecule has 0 bridgehead atoms. The molecule has 0 atom stereocenters. The summed E-state index contributed by atoms with van der Waals surface area (Å²) in [7, 11) is 0. The highest BCUT2D eigenvalue weighted by molar-refractivity contribution is 5.96. The molecular weight excluding hydrogens is 348 g/mol. The Labute approximate surface area is 163 Å². The first-order valence-electron chi connectivity index (χ1n) is 9.88. The molecule has 0 fully saturated rings. The molecule has 0 aromatic rings. The van der Waals surface area contributed by atoms with Gasteiger partial charge in [0.15, 0.2) is 0 Å². The standard InChI is InChI=1S/C20H36N2O5/c1-8-21(9-2)16(15-17(23)25-12-5)18(20(24)27-14-7)19(26-13-6)22(10-3)11-4/h15H,8-14H2,1-7H3/b16-15+,19-18-. The van der Waals surface area contributed by atoms with Crippen LogP contribution in [0.4, 0.5) is 0 Å². The molecule has 27 heavy (non-hydrogen) atoms. The molecule has 0 spiro atoms. The third kappa shape index (κ3) is 7.53. The third-order valence-corrected chi connectivity index (χ3v) is 3.93. The molecule has 0 rings (SSSR count). The van der Waals surface area contributed by atoms with Gasteiger partial charge in [-0.3, -0.25) is 0 Å². The molecule has 156 valence electrons. The first kappa shape index (κ1) is 24.8.